The molecule has 0 aromatic carbocycles. The van der Waals surface area contributed by atoms with Crippen LogP contribution in [-0.2, 0) is 41.0 Å². The van der Waals surface area contributed by atoms with E-state index in [0.717, 1.165) is 6.92 Å². The second-order valence-corrected chi connectivity index (χ2v) is 3.65. The Morgan fingerprint density at radius 2 is 0.667 bits per heavy atom. The SMILES string of the molecule is CC(=O)O.O=C(O)C(O)C(O)C(=O)O.O=C(O)C(O)C(O)C(=O)O.[Cu].[H-].[H-].[Li+].[Na+]. The fourth-order valence-corrected chi connectivity index (χ4v) is 0.540. The van der Waals surface area contributed by atoms with Gasteiger partial charge < -0.3 is 48.8 Å². The summed E-state index contributed by atoms with van der Waals surface area (Å²) in [5, 5.41) is 72.5. The van der Waals surface area contributed by atoms with Crippen LogP contribution in [0.2, 0.25) is 0 Å². The number of aliphatic hydroxyl groups excluding tert-OH is 4. The number of carbonyl (C=O) groups is 5. The second-order valence-electron chi connectivity index (χ2n) is 3.65. The summed E-state index contributed by atoms with van der Waals surface area (Å²) in [7, 11) is 0. The first-order valence-electron chi connectivity index (χ1n) is 5.49. The molecule has 0 rings (SSSR count). The van der Waals surface area contributed by atoms with Crippen LogP contribution >= 0.6 is 0 Å². The molecule has 14 nitrogen and oxygen atoms in total. The molecule has 4 unspecified atom stereocenters. The topological polar surface area (TPSA) is 267 Å². The summed E-state index contributed by atoms with van der Waals surface area (Å²) in [5.41, 5.74) is 0. The van der Waals surface area contributed by atoms with Crippen molar-refractivity contribution in [3.63, 3.8) is 0 Å². The maximum Gasteiger partial charge on any atom is 1.00 e. The van der Waals surface area contributed by atoms with E-state index in [0.29, 0.717) is 0 Å². The summed E-state index contributed by atoms with van der Waals surface area (Å²) in [4.78, 5) is 48.1. The maximum absolute atomic E-state index is 9.77. The molecule has 0 aromatic heterocycles. The maximum atomic E-state index is 9.77. The van der Waals surface area contributed by atoms with E-state index < -0.39 is 54.3 Å². The largest absolute Gasteiger partial charge is 1.00 e. The molecule has 0 aliphatic heterocycles. The predicted octanol–water partition coefficient (Wildman–Crippen LogP) is -9.92. The molecule has 0 amide bonds. The molecule has 0 saturated heterocycles. The molecule has 4 atom stereocenters. The van der Waals surface area contributed by atoms with E-state index in [1.165, 1.54) is 0 Å². The van der Waals surface area contributed by atoms with Crippen LogP contribution in [0.5, 0.6) is 0 Å². The number of rotatable bonds is 6. The number of aliphatic hydroxyl groups is 4. The number of carboxylic acid groups (broad SMARTS) is 5. The fraction of sp³-hybridized carbons (Fsp3) is 0.500. The zero-order valence-corrected chi connectivity index (χ0v) is 17.1. The van der Waals surface area contributed by atoms with Gasteiger partial charge in [0.25, 0.3) is 5.97 Å². The first kappa shape index (κ1) is 40.9. The van der Waals surface area contributed by atoms with E-state index >= 15 is 0 Å². The van der Waals surface area contributed by atoms with Crippen LogP contribution in [0.3, 0.4) is 0 Å². The van der Waals surface area contributed by atoms with Crippen molar-refractivity contribution in [1.29, 1.82) is 0 Å². The van der Waals surface area contributed by atoms with E-state index in [1.807, 2.05) is 0 Å². The van der Waals surface area contributed by atoms with Crippen LogP contribution in [0.25, 0.3) is 0 Å². The summed E-state index contributed by atoms with van der Waals surface area (Å²) in [6.45, 7) is 1.08. The van der Waals surface area contributed by atoms with Gasteiger partial charge in [0.15, 0.2) is 24.4 Å². The predicted molar refractivity (Wildman–Crippen MR) is 70.1 cm³/mol. The van der Waals surface area contributed by atoms with E-state index in [9.17, 15) is 19.2 Å². The molecule has 0 aliphatic carbocycles. The Labute approximate surface area is 198 Å². The normalized spacial score (nSPS) is 12.6. The number of aliphatic carboxylic acids is 5. The zero-order chi connectivity index (χ0) is 20.2. The monoisotopic (exact) mass is 455 g/mol. The van der Waals surface area contributed by atoms with Crippen LogP contribution in [-0.4, -0.2) is 100 Å². The summed E-state index contributed by atoms with van der Waals surface area (Å²) in [5.74, 6) is -7.91. The van der Waals surface area contributed by atoms with Crippen molar-refractivity contribution in [3.8, 4) is 0 Å². The van der Waals surface area contributed by atoms with Crippen LogP contribution in [0, 0.1) is 0 Å². The molecule has 0 fully saturated rings. The average Bonchev–Trinajstić information content (AvgIpc) is 2.43. The van der Waals surface area contributed by atoms with Crippen LogP contribution in [0.1, 0.15) is 9.78 Å². The first-order chi connectivity index (χ1) is 10.7. The summed E-state index contributed by atoms with van der Waals surface area (Å²) in [6, 6.07) is 0. The molecule has 0 heterocycles. The Bertz CT molecular complexity index is 409. The zero-order valence-electron chi connectivity index (χ0n) is 16.2. The van der Waals surface area contributed by atoms with Crippen molar-refractivity contribution in [1.82, 2.24) is 0 Å². The first-order valence-corrected chi connectivity index (χ1v) is 5.49. The van der Waals surface area contributed by atoms with Gasteiger partial charge in [-0.15, -0.1) is 0 Å². The Morgan fingerprint density at radius 3 is 0.704 bits per heavy atom. The Morgan fingerprint density at radius 1 is 0.593 bits per heavy atom. The minimum atomic E-state index is -2.27. The van der Waals surface area contributed by atoms with Gasteiger partial charge in [0.05, 0.1) is 0 Å². The van der Waals surface area contributed by atoms with Crippen molar-refractivity contribution in [2.24, 2.45) is 0 Å². The molecule has 155 valence electrons. The van der Waals surface area contributed by atoms with Crippen molar-refractivity contribution >= 4 is 29.8 Å². The molecular formula is C10H18CuLiNaO14. The van der Waals surface area contributed by atoms with Gasteiger partial charge in [-0.3, -0.25) is 4.79 Å². The molecule has 0 aromatic rings. The smallest absolute Gasteiger partial charge is 1.00 e. The van der Waals surface area contributed by atoms with Gasteiger partial charge in [0.1, 0.15) is 0 Å². The molecule has 0 spiro atoms. The van der Waals surface area contributed by atoms with Crippen molar-refractivity contribution < 1.29 is 138 Å². The second kappa shape index (κ2) is 21.6. The van der Waals surface area contributed by atoms with E-state index in [4.69, 9.17) is 50.8 Å². The van der Waals surface area contributed by atoms with Gasteiger partial charge in [0, 0.05) is 24.0 Å². The third-order valence-electron chi connectivity index (χ3n) is 1.61. The third kappa shape index (κ3) is 25.3. The summed E-state index contributed by atoms with van der Waals surface area (Å²) >= 11 is 0. The van der Waals surface area contributed by atoms with Gasteiger partial charge in [0.2, 0.25) is 0 Å². The van der Waals surface area contributed by atoms with Gasteiger partial charge in [-0.25, -0.2) is 19.2 Å². The van der Waals surface area contributed by atoms with Crippen LogP contribution in [0.15, 0.2) is 0 Å². The van der Waals surface area contributed by atoms with Crippen molar-refractivity contribution in [2.45, 2.75) is 31.3 Å². The molecule has 0 bridgehead atoms. The molecule has 0 aliphatic rings. The average molecular weight is 456 g/mol. The van der Waals surface area contributed by atoms with Crippen molar-refractivity contribution in [3.05, 3.63) is 0 Å². The fourth-order valence-electron chi connectivity index (χ4n) is 0.540. The molecule has 1 radical (unpaired) electrons. The van der Waals surface area contributed by atoms with Gasteiger partial charge in [-0.05, 0) is 0 Å². The Balaban J connectivity index is -0.0000000374. The van der Waals surface area contributed by atoms with E-state index in [-0.39, 0.29) is 68.3 Å². The minimum Gasteiger partial charge on any atom is -1.00 e. The molecule has 9 N–H and O–H groups in total. The van der Waals surface area contributed by atoms with E-state index in [2.05, 4.69) is 0 Å². The molecule has 0 saturated carbocycles. The van der Waals surface area contributed by atoms with Gasteiger partial charge in [-0.2, -0.15) is 0 Å². The minimum absolute atomic E-state index is 0. The Hall–Kier alpha value is -0.693. The van der Waals surface area contributed by atoms with Crippen LogP contribution < -0.4 is 48.4 Å². The number of carboxylic acids is 5. The van der Waals surface area contributed by atoms with Crippen molar-refractivity contribution in [2.75, 3.05) is 0 Å². The third-order valence-corrected chi connectivity index (χ3v) is 1.61. The van der Waals surface area contributed by atoms with Crippen LogP contribution in [0.4, 0.5) is 0 Å². The van der Waals surface area contributed by atoms with Gasteiger partial charge >= 0.3 is 72.3 Å². The number of hydrogen-bond donors (Lipinski definition) is 9. The molecular weight excluding hydrogens is 438 g/mol. The summed E-state index contributed by atoms with van der Waals surface area (Å²) in [6.07, 6.45) is -9.06. The standard InChI is InChI=1S/2C4H6O6.C2H4O2.Cu.Li.Na.2H/c2*5-1(3(7)8)2(6)4(9)10;1-2(3)4;;;;;/h2*1-2,5-6H,(H,7,8)(H,9,10);1H3,(H,3,4);;;;;/q;;;;2*+1;2*-1. The molecule has 17 heteroatoms. The molecule has 27 heavy (non-hydrogen) atoms. The summed E-state index contributed by atoms with van der Waals surface area (Å²) < 4.78 is 0. The van der Waals surface area contributed by atoms with E-state index in [1.54, 1.807) is 0 Å². The van der Waals surface area contributed by atoms with Gasteiger partial charge in [-0.1, -0.05) is 0 Å². The Kier molecular flexibility index (Phi) is 32.7. The number of hydrogen-bond acceptors (Lipinski definition) is 9. The quantitative estimate of drug-likeness (QED) is 0.168.